The van der Waals surface area contributed by atoms with Crippen molar-refractivity contribution in [1.29, 1.82) is 0 Å². The molecule has 0 saturated carbocycles. The Balaban J connectivity index is 2.74. The average Bonchev–Trinajstić information content (AvgIpc) is 2.35. The van der Waals surface area contributed by atoms with Crippen LogP contribution in [-0.2, 0) is 16.0 Å². The van der Waals surface area contributed by atoms with Crippen molar-refractivity contribution in [2.75, 3.05) is 18.3 Å². The number of nitrogens with two attached hydrogens (primary N) is 1. The van der Waals surface area contributed by atoms with Crippen molar-refractivity contribution in [2.45, 2.75) is 18.4 Å². The average molecular weight is 242 g/mol. The Morgan fingerprint density at radius 1 is 1.62 bits per heavy atom. The number of thioether (sulfide) groups is 1. The smallest absolute Gasteiger partial charge is 0.316 e. The summed E-state index contributed by atoms with van der Waals surface area (Å²) in [5.74, 6) is 6.44. The molecule has 0 aliphatic carbocycles. The van der Waals surface area contributed by atoms with E-state index >= 15 is 0 Å². The van der Waals surface area contributed by atoms with Gasteiger partial charge in [-0.3, -0.25) is 4.79 Å². The molecular weight excluding hydrogens is 228 g/mol. The Morgan fingerprint density at radius 2 is 2.38 bits per heavy atom. The van der Waals surface area contributed by atoms with Gasteiger partial charge in [-0.25, -0.2) is 15.8 Å². The molecule has 0 spiro atoms. The quantitative estimate of drug-likeness (QED) is 0.257. The number of ether oxygens (including phenoxy) is 1. The molecule has 0 atom stereocenters. The van der Waals surface area contributed by atoms with Crippen LogP contribution in [0.2, 0.25) is 0 Å². The number of esters is 1. The molecule has 0 aliphatic rings. The standard InChI is InChI=1S/C9H14N4O2S/c1-3-6-11-7(13-10)4-8(12-6)16-5-9(14)15-2/h4H,3,5,10H2,1-2H3,(H,11,12,13). The maximum Gasteiger partial charge on any atom is 0.316 e. The van der Waals surface area contributed by atoms with Gasteiger partial charge in [-0.1, -0.05) is 18.7 Å². The highest BCUT2D eigenvalue weighted by molar-refractivity contribution is 7.99. The van der Waals surface area contributed by atoms with Gasteiger partial charge in [0.15, 0.2) is 0 Å². The summed E-state index contributed by atoms with van der Waals surface area (Å²) in [5, 5.41) is 0.699. The summed E-state index contributed by atoms with van der Waals surface area (Å²) in [4.78, 5) is 19.4. The number of carbonyl (C=O) groups is 1. The van der Waals surface area contributed by atoms with Gasteiger partial charge in [0.2, 0.25) is 0 Å². The molecule has 7 heteroatoms. The zero-order chi connectivity index (χ0) is 12.0. The molecule has 0 saturated heterocycles. The summed E-state index contributed by atoms with van der Waals surface area (Å²) in [6, 6.07) is 1.69. The molecule has 88 valence electrons. The van der Waals surface area contributed by atoms with Crippen LogP contribution >= 0.6 is 11.8 Å². The molecule has 0 fully saturated rings. The minimum atomic E-state index is -0.288. The number of rotatable bonds is 5. The molecule has 3 N–H and O–H groups in total. The van der Waals surface area contributed by atoms with Crippen molar-refractivity contribution in [2.24, 2.45) is 5.84 Å². The molecule has 1 aromatic rings. The normalized spacial score (nSPS) is 9.94. The number of hydrogen-bond donors (Lipinski definition) is 2. The van der Waals surface area contributed by atoms with Gasteiger partial charge in [-0.05, 0) is 0 Å². The van der Waals surface area contributed by atoms with Gasteiger partial charge in [0.05, 0.1) is 12.9 Å². The minimum absolute atomic E-state index is 0.223. The van der Waals surface area contributed by atoms with Crippen molar-refractivity contribution in [1.82, 2.24) is 9.97 Å². The van der Waals surface area contributed by atoms with Crippen LogP contribution in [0.5, 0.6) is 0 Å². The van der Waals surface area contributed by atoms with Crippen LogP contribution in [0.3, 0.4) is 0 Å². The number of methoxy groups -OCH3 is 1. The van der Waals surface area contributed by atoms with Crippen LogP contribution in [0.15, 0.2) is 11.1 Å². The van der Waals surface area contributed by atoms with Crippen molar-refractivity contribution in [3.05, 3.63) is 11.9 Å². The van der Waals surface area contributed by atoms with E-state index in [-0.39, 0.29) is 11.7 Å². The lowest BCUT2D eigenvalue weighted by Crippen LogP contribution is -2.11. The number of nitrogens with one attached hydrogen (secondary N) is 1. The Kier molecular flexibility index (Phi) is 5.00. The number of nitrogen functional groups attached to an aromatic ring is 1. The molecule has 16 heavy (non-hydrogen) atoms. The van der Waals surface area contributed by atoms with Gasteiger partial charge in [-0.2, -0.15) is 0 Å². The zero-order valence-corrected chi connectivity index (χ0v) is 10.0. The molecule has 0 aliphatic heterocycles. The van der Waals surface area contributed by atoms with E-state index in [0.717, 1.165) is 0 Å². The number of carbonyl (C=O) groups excluding carboxylic acids is 1. The van der Waals surface area contributed by atoms with Gasteiger partial charge in [0.1, 0.15) is 16.7 Å². The Labute approximate surface area is 98.0 Å². The predicted molar refractivity (Wildman–Crippen MR) is 62.0 cm³/mol. The number of hydrogen-bond acceptors (Lipinski definition) is 7. The number of aryl methyl sites for hydroxylation is 1. The SMILES string of the molecule is CCc1nc(NN)cc(SCC(=O)OC)n1. The molecule has 0 unspecified atom stereocenters. The second-order valence-electron chi connectivity index (χ2n) is 2.87. The maximum atomic E-state index is 11.0. The molecular formula is C9H14N4O2S. The van der Waals surface area contributed by atoms with Crippen LogP contribution in [0.1, 0.15) is 12.7 Å². The molecule has 0 radical (unpaired) electrons. The Morgan fingerprint density at radius 3 is 2.94 bits per heavy atom. The van der Waals surface area contributed by atoms with E-state index in [1.165, 1.54) is 18.9 Å². The van der Waals surface area contributed by atoms with E-state index in [9.17, 15) is 4.79 Å². The fourth-order valence-corrected chi connectivity index (χ4v) is 1.72. The molecule has 1 rings (SSSR count). The highest BCUT2D eigenvalue weighted by atomic mass is 32.2. The van der Waals surface area contributed by atoms with E-state index in [1.54, 1.807) is 6.07 Å². The lowest BCUT2D eigenvalue weighted by molar-refractivity contribution is -0.137. The van der Waals surface area contributed by atoms with Crippen LogP contribution in [0, 0.1) is 0 Å². The number of anilines is 1. The van der Waals surface area contributed by atoms with Crippen molar-refractivity contribution in [3.8, 4) is 0 Å². The lowest BCUT2D eigenvalue weighted by Gasteiger charge is -2.05. The summed E-state index contributed by atoms with van der Waals surface area (Å²) < 4.78 is 4.54. The first-order valence-corrected chi connectivity index (χ1v) is 5.72. The summed E-state index contributed by atoms with van der Waals surface area (Å²) in [6.45, 7) is 1.95. The molecule has 0 bridgehead atoms. The monoisotopic (exact) mass is 242 g/mol. The van der Waals surface area contributed by atoms with Gasteiger partial charge >= 0.3 is 5.97 Å². The lowest BCUT2D eigenvalue weighted by atomic mass is 10.4. The summed E-state index contributed by atoms with van der Waals surface area (Å²) >= 11 is 1.29. The van der Waals surface area contributed by atoms with Crippen molar-refractivity contribution >= 4 is 23.5 Å². The first-order valence-electron chi connectivity index (χ1n) is 4.73. The number of hydrazine groups is 1. The van der Waals surface area contributed by atoms with Crippen LogP contribution < -0.4 is 11.3 Å². The summed E-state index contributed by atoms with van der Waals surface area (Å²) in [6.07, 6.45) is 0.710. The molecule has 0 aromatic carbocycles. The van der Waals surface area contributed by atoms with E-state index in [1.807, 2.05) is 6.92 Å². The maximum absolute atomic E-state index is 11.0. The molecule has 6 nitrogen and oxygen atoms in total. The van der Waals surface area contributed by atoms with E-state index in [4.69, 9.17) is 5.84 Å². The number of aromatic nitrogens is 2. The van der Waals surface area contributed by atoms with Crippen LogP contribution in [-0.4, -0.2) is 28.8 Å². The third-order valence-electron chi connectivity index (χ3n) is 1.78. The zero-order valence-electron chi connectivity index (χ0n) is 9.19. The predicted octanol–water partition coefficient (Wildman–Crippen LogP) is 0.590. The first-order chi connectivity index (χ1) is 7.69. The van der Waals surface area contributed by atoms with Gasteiger partial charge in [0, 0.05) is 12.5 Å². The number of nitrogens with zero attached hydrogens (tertiary/aromatic N) is 2. The highest BCUT2D eigenvalue weighted by Gasteiger charge is 2.06. The van der Waals surface area contributed by atoms with Crippen LogP contribution in [0.25, 0.3) is 0 Å². The fraction of sp³-hybridized carbons (Fsp3) is 0.444. The fourth-order valence-electron chi connectivity index (χ4n) is 0.971. The van der Waals surface area contributed by atoms with E-state index < -0.39 is 0 Å². The van der Waals surface area contributed by atoms with Crippen LogP contribution in [0.4, 0.5) is 5.82 Å². The van der Waals surface area contributed by atoms with Gasteiger partial charge in [-0.15, -0.1) is 0 Å². The van der Waals surface area contributed by atoms with Gasteiger partial charge in [0.25, 0.3) is 0 Å². The summed E-state index contributed by atoms with van der Waals surface area (Å²) in [5.41, 5.74) is 2.46. The second kappa shape index (κ2) is 6.29. The minimum Gasteiger partial charge on any atom is -0.468 e. The van der Waals surface area contributed by atoms with E-state index in [0.29, 0.717) is 23.1 Å². The van der Waals surface area contributed by atoms with Gasteiger partial charge < -0.3 is 10.2 Å². The van der Waals surface area contributed by atoms with E-state index in [2.05, 4.69) is 20.1 Å². The molecule has 0 amide bonds. The Bertz CT molecular complexity index is 350. The third-order valence-corrected chi connectivity index (χ3v) is 2.66. The first kappa shape index (κ1) is 12.7. The largest absolute Gasteiger partial charge is 0.468 e. The molecule has 1 aromatic heterocycles. The third kappa shape index (κ3) is 3.67. The highest BCUT2D eigenvalue weighted by Crippen LogP contribution is 2.18. The molecule has 1 heterocycles. The second-order valence-corrected chi connectivity index (χ2v) is 3.87. The Hall–Kier alpha value is -1.34. The summed E-state index contributed by atoms with van der Waals surface area (Å²) in [7, 11) is 1.35. The topological polar surface area (TPSA) is 90.1 Å². The van der Waals surface area contributed by atoms with Crippen molar-refractivity contribution < 1.29 is 9.53 Å². The van der Waals surface area contributed by atoms with Crippen molar-refractivity contribution in [3.63, 3.8) is 0 Å².